The monoisotopic (exact) mass is 356 g/mol. The third kappa shape index (κ3) is 6.08. The lowest BCUT2D eigenvalue weighted by Crippen LogP contribution is -2.39. The van der Waals surface area contributed by atoms with Crippen LogP contribution in [0.15, 0.2) is 48.5 Å². The summed E-state index contributed by atoms with van der Waals surface area (Å²) in [5.41, 5.74) is 3.27. The maximum atomic E-state index is 12.1. The minimum absolute atomic E-state index is 0.172. The summed E-state index contributed by atoms with van der Waals surface area (Å²) in [6.07, 6.45) is -0.0767. The van der Waals surface area contributed by atoms with E-state index in [1.807, 2.05) is 55.5 Å². The summed E-state index contributed by atoms with van der Waals surface area (Å²) in [5, 5.41) is 13.0. The molecule has 2 aromatic rings. The molecule has 2 N–H and O–H groups in total. The number of rotatable bonds is 8. The number of benzene rings is 2. The number of nitrogens with one attached hydrogen (secondary N) is 1. The number of aliphatic hydroxyl groups excluding tert-OH is 1. The SMILES string of the molecule is Cc1ccc(OCCNC(=O)N(C)CC[C@@H](O)c2ccccc2)cc1C. The van der Waals surface area contributed by atoms with Crippen molar-refractivity contribution >= 4 is 6.03 Å². The first kappa shape index (κ1) is 19.8. The largest absolute Gasteiger partial charge is 0.492 e. The van der Waals surface area contributed by atoms with Crippen molar-refractivity contribution in [1.29, 1.82) is 0 Å². The van der Waals surface area contributed by atoms with Crippen molar-refractivity contribution in [2.75, 3.05) is 26.7 Å². The highest BCUT2D eigenvalue weighted by Gasteiger charge is 2.12. The van der Waals surface area contributed by atoms with Crippen LogP contribution in [0.1, 0.15) is 29.2 Å². The summed E-state index contributed by atoms with van der Waals surface area (Å²) >= 11 is 0. The van der Waals surface area contributed by atoms with Gasteiger partial charge in [-0.2, -0.15) is 0 Å². The maximum absolute atomic E-state index is 12.1. The Morgan fingerprint density at radius 1 is 1.15 bits per heavy atom. The summed E-state index contributed by atoms with van der Waals surface area (Å²) in [6.45, 7) is 5.42. The van der Waals surface area contributed by atoms with E-state index < -0.39 is 6.10 Å². The number of carbonyl (C=O) groups is 1. The number of hydrogen-bond donors (Lipinski definition) is 2. The Morgan fingerprint density at radius 2 is 1.88 bits per heavy atom. The maximum Gasteiger partial charge on any atom is 0.317 e. The first-order valence-electron chi connectivity index (χ1n) is 8.89. The van der Waals surface area contributed by atoms with Crippen LogP contribution in [0, 0.1) is 13.8 Å². The summed E-state index contributed by atoms with van der Waals surface area (Å²) in [4.78, 5) is 13.7. The normalized spacial score (nSPS) is 11.7. The van der Waals surface area contributed by atoms with Crippen LogP contribution in [0.25, 0.3) is 0 Å². The average Bonchev–Trinajstić information content (AvgIpc) is 2.66. The highest BCUT2D eigenvalue weighted by molar-refractivity contribution is 5.73. The van der Waals surface area contributed by atoms with E-state index in [9.17, 15) is 9.90 Å². The average molecular weight is 356 g/mol. The summed E-state index contributed by atoms with van der Waals surface area (Å²) in [6, 6.07) is 15.2. The fourth-order valence-electron chi connectivity index (χ4n) is 2.52. The lowest BCUT2D eigenvalue weighted by Gasteiger charge is -2.20. The molecule has 0 saturated carbocycles. The molecule has 2 rings (SSSR count). The molecule has 2 aromatic carbocycles. The molecule has 26 heavy (non-hydrogen) atoms. The van der Waals surface area contributed by atoms with Crippen LogP contribution in [0.4, 0.5) is 4.79 Å². The Morgan fingerprint density at radius 3 is 2.58 bits per heavy atom. The van der Waals surface area contributed by atoms with Gasteiger partial charge in [-0.3, -0.25) is 0 Å². The van der Waals surface area contributed by atoms with Crippen LogP contribution in [0.2, 0.25) is 0 Å². The lowest BCUT2D eigenvalue weighted by atomic mass is 10.1. The standard InChI is InChI=1S/C21H28N2O3/c1-16-9-10-19(15-17(16)2)26-14-12-22-21(25)23(3)13-11-20(24)18-7-5-4-6-8-18/h4-10,15,20,24H,11-14H2,1-3H3,(H,22,25)/t20-/m1/s1. The fourth-order valence-corrected chi connectivity index (χ4v) is 2.52. The fraction of sp³-hybridized carbons (Fsp3) is 0.381. The van der Waals surface area contributed by atoms with Crippen molar-refractivity contribution in [2.45, 2.75) is 26.4 Å². The zero-order chi connectivity index (χ0) is 18.9. The third-order valence-corrected chi connectivity index (χ3v) is 4.39. The molecule has 0 unspecified atom stereocenters. The Bertz CT molecular complexity index is 704. The van der Waals surface area contributed by atoms with Gasteiger partial charge in [0.1, 0.15) is 12.4 Å². The molecule has 0 aliphatic rings. The van der Waals surface area contributed by atoms with E-state index in [4.69, 9.17) is 4.74 Å². The quantitative estimate of drug-likeness (QED) is 0.712. The Hall–Kier alpha value is -2.53. The molecule has 5 nitrogen and oxygen atoms in total. The number of carbonyl (C=O) groups excluding carboxylic acids is 1. The molecule has 0 fully saturated rings. The number of aryl methyl sites for hydroxylation is 2. The second-order valence-electron chi connectivity index (χ2n) is 6.46. The van der Waals surface area contributed by atoms with E-state index in [1.165, 1.54) is 11.1 Å². The Balaban J connectivity index is 1.66. The van der Waals surface area contributed by atoms with Gasteiger partial charge in [0.2, 0.25) is 0 Å². The number of urea groups is 1. The van der Waals surface area contributed by atoms with Crippen molar-refractivity contribution in [3.63, 3.8) is 0 Å². The van der Waals surface area contributed by atoms with Gasteiger partial charge in [0.15, 0.2) is 0 Å². The second-order valence-corrected chi connectivity index (χ2v) is 6.46. The highest BCUT2D eigenvalue weighted by Crippen LogP contribution is 2.17. The molecule has 140 valence electrons. The van der Waals surface area contributed by atoms with E-state index in [0.29, 0.717) is 26.1 Å². The van der Waals surface area contributed by atoms with E-state index >= 15 is 0 Å². The highest BCUT2D eigenvalue weighted by atomic mass is 16.5. The van der Waals surface area contributed by atoms with E-state index in [-0.39, 0.29) is 6.03 Å². The number of hydrogen-bond acceptors (Lipinski definition) is 3. The van der Waals surface area contributed by atoms with Crippen LogP contribution in [-0.4, -0.2) is 42.8 Å². The van der Waals surface area contributed by atoms with Gasteiger partial charge in [-0.1, -0.05) is 36.4 Å². The van der Waals surface area contributed by atoms with Crippen molar-refractivity contribution in [2.24, 2.45) is 0 Å². The van der Waals surface area contributed by atoms with Crippen molar-refractivity contribution in [3.8, 4) is 5.75 Å². The molecule has 0 heterocycles. The molecule has 2 amide bonds. The van der Waals surface area contributed by atoms with Gasteiger partial charge >= 0.3 is 6.03 Å². The zero-order valence-electron chi connectivity index (χ0n) is 15.7. The van der Waals surface area contributed by atoms with Crippen molar-refractivity contribution in [3.05, 3.63) is 65.2 Å². The van der Waals surface area contributed by atoms with Gasteiger partial charge in [0.05, 0.1) is 12.6 Å². The summed E-state index contributed by atoms with van der Waals surface area (Å²) in [7, 11) is 1.72. The predicted octanol–water partition coefficient (Wildman–Crippen LogP) is 3.45. The molecule has 0 radical (unpaired) electrons. The second kappa shape index (κ2) is 9.82. The molecule has 0 spiro atoms. The zero-order valence-corrected chi connectivity index (χ0v) is 15.7. The summed E-state index contributed by atoms with van der Waals surface area (Å²) < 4.78 is 5.65. The minimum Gasteiger partial charge on any atom is -0.492 e. The lowest BCUT2D eigenvalue weighted by molar-refractivity contribution is 0.149. The van der Waals surface area contributed by atoms with E-state index in [2.05, 4.69) is 12.2 Å². The van der Waals surface area contributed by atoms with Gasteiger partial charge in [0, 0.05) is 13.6 Å². The van der Waals surface area contributed by atoms with Gasteiger partial charge in [-0.05, 0) is 49.1 Å². The predicted molar refractivity (Wildman–Crippen MR) is 103 cm³/mol. The Kier molecular flexibility index (Phi) is 7.48. The molecule has 0 saturated heterocycles. The molecule has 0 aliphatic heterocycles. The van der Waals surface area contributed by atoms with Crippen LogP contribution >= 0.6 is 0 Å². The van der Waals surface area contributed by atoms with Crippen LogP contribution in [0.3, 0.4) is 0 Å². The number of ether oxygens (including phenoxy) is 1. The van der Waals surface area contributed by atoms with E-state index in [0.717, 1.165) is 11.3 Å². The Labute approximate surface area is 155 Å². The van der Waals surface area contributed by atoms with E-state index in [1.54, 1.807) is 11.9 Å². The minimum atomic E-state index is -0.570. The first-order chi connectivity index (χ1) is 12.5. The molecule has 1 atom stereocenters. The number of aliphatic hydroxyl groups is 1. The molecule has 5 heteroatoms. The molecule has 0 aliphatic carbocycles. The topological polar surface area (TPSA) is 61.8 Å². The van der Waals surface area contributed by atoms with Gasteiger partial charge < -0.3 is 20.1 Å². The van der Waals surface area contributed by atoms with Crippen LogP contribution < -0.4 is 10.1 Å². The molecule has 0 aromatic heterocycles. The number of nitrogens with zero attached hydrogens (tertiary/aromatic N) is 1. The smallest absolute Gasteiger partial charge is 0.317 e. The molecular formula is C21H28N2O3. The van der Waals surface area contributed by atoms with Crippen molar-refractivity contribution < 1.29 is 14.6 Å². The van der Waals surface area contributed by atoms with Crippen molar-refractivity contribution in [1.82, 2.24) is 10.2 Å². The molecular weight excluding hydrogens is 328 g/mol. The van der Waals surface area contributed by atoms with Gasteiger partial charge in [0.25, 0.3) is 0 Å². The number of amides is 2. The molecule has 0 bridgehead atoms. The third-order valence-electron chi connectivity index (χ3n) is 4.39. The van der Waals surface area contributed by atoms with Gasteiger partial charge in [-0.25, -0.2) is 4.79 Å². The van der Waals surface area contributed by atoms with Crippen LogP contribution in [-0.2, 0) is 0 Å². The van der Waals surface area contributed by atoms with Crippen LogP contribution in [0.5, 0.6) is 5.75 Å². The summed E-state index contributed by atoms with van der Waals surface area (Å²) in [5.74, 6) is 0.807. The van der Waals surface area contributed by atoms with Gasteiger partial charge in [-0.15, -0.1) is 0 Å². The first-order valence-corrected chi connectivity index (χ1v) is 8.89.